The number of piperidine rings is 1. The first-order valence-electron chi connectivity index (χ1n) is 9.67. The van der Waals surface area contributed by atoms with Crippen LogP contribution in [0.2, 0.25) is 0 Å². The zero-order chi connectivity index (χ0) is 21.3. The Bertz CT molecular complexity index is 843. The fraction of sp³-hybridized carbons (Fsp3) is 0.632. The van der Waals surface area contributed by atoms with Crippen molar-refractivity contribution in [3.63, 3.8) is 0 Å². The summed E-state index contributed by atoms with van der Waals surface area (Å²) in [7, 11) is -4.61. The summed E-state index contributed by atoms with van der Waals surface area (Å²) in [6.07, 6.45) is -2.60. The van der Waals surface area contributed by atoms with Gasteiger partial charge in [-0.2, -0.15) is 13.2 Å². The third-order valence-electron chi connectivity index (χ3n) is 5.66. The first kappa shape index (κ1) is 22.0. The van der Waals surface area contributed by atoms with Gasteiger partial charge in [0.25, 0.3) is 0 Å². The van der Waals surface area contributed by atoms with Gasteiger partial charge in [0.15, 0.2) is 0 Å². The van der Waals surface area contributed by atoms with Gasteiger partial charge < -0.3 is 10.6 Å². The molecule has 2 aliphatic rings. The van der Waals surface area contributed by atoms with E-state index in [1.807, 2.05) is 0 Å². The maximum absolute atomic E-state index is 15.3. The minimum absolute atomic E-state index is 0.104. The predicted molar refractivity (Wildman–Crippen MR) is 98.5 cm³/mol. The van der Waals surface area contributed by atoms with Crippen LogP contribution in [-0.4, -0.2) is 38.0 Å². The molecule has 0 aromatic heterocycles. The van der Waals surface area contributed by atoms with Crippen molar-refractivity contribution in [3.05, 3.63) is 29.8 Å². The van der Waals surface area contributed by atoms with Gasteiger partial charge in [-0.1, -0.05) is 12.5 Å². The molecule has 3 rings (SSSR count). The molecule has 1 atom stereocenters. The maximum Gasteiger partial charge on any atom is 0.416 e. The van der Waals surface area contributed by atoms with Gasteiger partial charge in [-0.3, -0.25) is 4.79 Å². The molecule has 1 amide bonds. The highest BCUT2D eigenvalue weighted by Crippen LogP contribution is 2.41. The minimum Gasteiger partial charge on any atom is -0.352 e. The van der Waals surface area contributed by atoms with E-state index < -0.39 is 31.5 Å². The Morgan fingerprint density at radius 3 is 2.41 bits per heavy atom. The highest BCUT2D eigenvalue weighted by Gasteiger charge is 2.48. The fourth-order valence-electron chi connectivity index (χ4n) is 3.89. The molecule has 1 saturated carbocycles. The van der Waals surface area contributed by atoms with Crippen LogP contribution in [0.15, 0.2) is 29.2 Å². The molecule has 1 aromatic carbocycles. The molecule has 1 aliphatic heterocycles. The SMILES string of the molecule is O=C(N[C@H]1CC[C@@](F)(S(=O)(=O)c2cccc(C(F)(F)F)c2)CC1)[C@H]1CCCCN1. The van der Waals surface area contributed by atoms with Crippen molar-refractivity contribution in [3.8, 4) is 0 Å². The van der Waals surface area contributed by atoms with Gasteiger partial charge in [-0.15, -0.1) is 0 Å². The van der Waals surface area contributed by atoms with E-state index in [1.54, 1.807) is 0 Å². The number of nitrogens with one attached hydrogen (secondary N) is 2. The number of amides is 1. The zero-order valence-corrected chi connectivity index (χ0v) is 16.6. The van der Waals surface area contributed by atoms with E-state index >= 15 is 4.39 Å². The Hall–Kier alpha value is -1.68. The topological polar surface area (TPSA) is 75.3 Å². The van der Waals surface area contributed by atoms with Crippen molar-refractivity contribution in [2.45, 2.75) is 73.1 Å². The molecule has 1 heterocycles. The number of carbonyl (C=O) groups excluding carboxylic acids is 1. The molecule has 2 fully saturated rings. The van der Waals surface area contributed by atoms with Crippen LogP contribution >= 0.6 is 0 Å². The maximum atomic E-state index is 15.3. The van der Waals surface area contributed by atoms with Crippen LogP contribution in [-0.2, 0) is 20.8 Å². The molecule has 5 nitrogen and oxygen atoms in total. The second kappa shape index (κ2) is 8.22. The molecule has 2 N–H and O–H groups in total. The van der Waals surface area contributed by atoms with Gasteiger partial charge in [0.1, 0.15) is 0 Å². The number of benzene rings is 1. The highest BCUT2D eigenvalue weighted by atomic mass is 32.2. The summed E-state index contributed by atoms with van der Waals surface area (Å²) in [5.41, 5.74) is -1.14. The molecular weight excluding hydrogens is 412 g/mol. The lowest BCUT2D eigenvalue weighted by Gasteiger charge is -2.34. The van der Waals surface area contributed by atoms with Crippen LogP contribution < -0.4 is 10.6 Å². The van der Waals surface area contributed by atoms with Crippen LogP contribution in [0.3, 0.4) is 0 Å². The number of hydrogen-bond donors (Lipinski definition) is 2. The molecule has 1 aliphatic carbocycles. The molecular formula is C19H24F4N2O3S. The van der Waals surface area contributed by atoms with Crippen LogP contribution in [0, 0.1) is 0 Å². The molecule has 10 heteroatoms. The number of hydrogen-bond acceptors (Lipinski definition) is 4. The van der Waals surface area contributed by atoms with E-state index in [2.05, 4.69) is 10.6 Å². The number of rotatable bonds is 4. The number of alkyl halides is 4. The van der Waals surface area contributed by atoms with E-state index in [1.165, 1.54) is 0 Å². The van der Waals surface area contributed by atoms with Gasteiger partial charge in [-0.25, -0.2) is 12.8 Å². The summed E-state index contributed by atoms with van der Waals surface area (Å²) < 4.78 is 79.4. The van der Waals surface area contributed by atoms with Crippen molar-refractivity contribution in [1.82, 2.24) is 10.6 Å². The van der Waals surface area contributed by atoms with Crippen molar-refractivity contribution in [1.29, 1.82) is 0 Å². The predicted octanol–water partition coefficient (Wildman–Crippen LogP) is 3.35. The largest absolute Gasteiger partial charge is 0.416 e. The Balaban J connectivity index is 1.67. The van der Waals surface area contributed by atoms with Gasteiger partial charge in [0.05, 0.1) is 16.5 Å². The quantitative estimate of drug-likeness (QED) is 0.710. The summed E-state index contributed by atoms with van der Waals surface area (Å²) in [6, 6.07) is 2.51. The van der Waals surface area contributed by atoms with Crippen molar-refractivity contribution < 1.29 is 30.8 Å². The molecule has 0 bridgehead atoms. The van der Waals surface area contributed by atoms with Crippen LogP contribution in [0.25, 0.3) is 0 Å². The molecule has 1 saturated heterocycles. The van der Waals surface area contributed by atoms with E-state index in [0.717, 1.165) is 44.0 Å². The van der Waals surface area contributed by atoms with E-state index in [9.17, 15) is 26.4 Å². The van der Waals surface area contributed by atoms with Gasteiger partial charge >= 0.3 is 6.18 Å². The first-order valence-corrected chi connectivity index (χ1v) is 11.2. The molecule has 0 radical (unpaired) electrons. The Morgan fingerprint density at radius 2 is 1.83 bits per heavy atom. The zero-order valence-electron chi connectivity index (χ0n) is 15.8. The van der Waals surface area contributed by atoms with Crippen molar-refractivity contribution in [2.75, 3.05) is 6.54 Å². The number of carbonyl (C=O) groups is 1. The van der Waals surface area contributed by atoms with Gasteiger partial charge in [0, 0.05) is 6.04 Å². The average Bonchev–Trinajstić information content (AvgIpc) is 2.70. The highest BCUT2D eigenvalue weighted by molar-refractivity contribution is 7.92. The van der Waals surface area contributed by atoms with Gasteiger partial charge in [-0.05, 0) is 63.3 Å². The summed E-state index contributed by atoms with van der Waals surface area (Å²) >= 11 is 0. The Kier molecular flexibility index (Phi) is 6.24. The Labute approximate surface area is 167 Å². The van der Waals surface area contributed by atoms with E-state index in [-0.39, 0.29) is 43.7 Å². The molecule has 162 valence electrons. The first-order chi connectivity index (χ1) is 13.5. The van der Waals surface area contributed by atoms with Gasteiger partial charge in [0.2, 0.25) is 20.7 Å². The van der Waals surface area contributed by atoms with E-state index in [0.29, 0.717) is 6.07 Å². The van der Waals surface area contributed by atoms with Crippen LogP contribution in [0.4, 0.5) is 17.6 Å². The lowest BCUT2D eigenvalue weighted by atomic mass is 9.93. The third-order valence-corrected chi connectivity index (χ3v) is 7.90. The normalized spacial score (nSPS) is 28.7. The minimum atomic E-state index is -4.72. The number of halogens is 4. The van der Waals surface area contributed by atoms with Crippen molar-refractivity contribution >= 4 is 15.7 Å². The molecule has 0 unspecified atom stereocenters. The lowest BCUT2D eigenvalue weighted by Crippen LogP contribution is -2.51. The molecule has 0 spiro atoms. The second-order valence-electron chi connectivity index (χ2n) is 7.70. The van der Waals surface area contributed by atoms with Crippen molar-refractivity contribution in [2.24, 2.45) is 0 Å². The lowest BCUT2D eigenvalue weighted by molar-refractivity contribution is -0.137. The smallest absolute Gasteiger partial charge is 0.352 e. The number of sulfone groups is 1. The summed E-state index contributed by atoms with van der Waals surface area (Å²) in [6.45, 7) is 0.756. The summed E-state index contributed by atoms with van der Waals surface area (Å²) in [4.78, 5) is 11.6. The summed E-state index contributed by atoms with van der Waals surface area (Å²) in [5.74, 6) is -0.179. The molecule has 1 aromatic rings. The fourth-order valence-corrected chi connectivity index (χ4v) is 5.63. The molecule has 29 heavy (non-hydrogen) atoms. The second-order valence-corrected chi connectivity index (χ2v) is 9.91. The summed E-state index contributed by atoms with van der Waals surface area (Å²) in [5, 5.41) is 3.30. The average molecular weight is 436 g/mol. The Morgan fingerprint density at radius 1 is 1.14 bits per heavy atom. The van der Waals surface area contributed by atoms with Crippen LogP contribution in [0.1, 0.15) is 50.5 Å². The van der Waals surface area contributed by atoms with E-state index in [4.69, 9.17) is 0 Å². The standard InChI is InChI=1S/C19H24F4N2O3S/c20-18(29(27,28)15-5-3-4-13(12-15)19(21,22)23)9-7-14(8-10-18)25-17(26)16-6-1-2-11-24-16/h3-5,12,14,16,24H,1-2,6-11H2,(H,25,26)/t14-,16-,18+/m1/s1. The monoisotopic (exact) mass is 436 g/mol. The van der Waals surface area contributed by atoms with Crippen LogP contribution in [0.5, 0.6) is 0 Å². The third kappa shape index (κ3) is 4.74.